The van der Waals surface area contributed by atoms with Crippen LogP contribution in [0.1, 0.15) is 37.0 Å². The monoisotopic (exact) mass is 304 g/mol. The lowest BCUT2D eigenvalue weighted by molar-refractivity contribution is 0.0749. The van der Waals surface area contributed by atoms with Crippen LogP contribution in [0.5, 0.6) is 11.5 Å². The Hall–Kier alpha value is -1.30. The fourth-order valence-corrected chi connectivity index (χ4v) is 4.05. The lowest BCUT2D eigenvalue weighted by Gasteiger charge is -2.35. The van der Waals surface area contributed by atoms with Crippen LogP contribution >= 0.6 is 0 Å². The minimum Gasteiger partial charge on any atom is -0.454 e. The molecule has 3 heterocycles. The maximum atomic E-state index is 10.5. The SMILES string of the molecule is CCN1CCCC1CN1Cc2cc3c(cc2C(O)C1)OCO3. The van der Waals surface area contributed by atoms with E-state index in [0.717, 1.165) is 36.7 Å². The number of β-amino-alcohol motifs (C(OH)–C–C–N with tert-alkyl or cyclic N) is 1. The summed E-state index contributed by atoms with van der Waals surface area (Å²) < 4.78 is 10.9. The van der Waals surface area contributed by atoms with Crippen molar-refractivity contribution < 1.29 is 14.6 Å². The van der Waals surface area contributed by atoms with Crippen LogP contribution in [0, 0.1) is 0 Å². The summed E-state index contributed by atoms with van der Waals surface area (Å²) in [7, 11) is 0. The first-order valence-corrected chi connectivity index (χ1v) is 8.31. The van der Waals surface area contributed by atoms with Crippen LogP contribution in [0.25, 0.3) is 0 Å². The van der Waals surface area contributed by atoms with E-state index >= 15 is 0 Å². The third-order valence-electron chi connectivity index (χ3n) is 5.19. The molecule has 3 aliphatic heterocycles. The number of aliphatic hydroxyl groups is 1. The van der Waals surface area contributed by atoms with E-state index in [0.29, 0.717) is 12.6 Å². The first-order chi connectivity index (χ1) is 10.7. The Bertz CT molecular complexity index is 563. The molecule has 1 aromatic rings. The van der Waals surface area contributed by atoms with Crippen molar-refractivity contribution >= 4 is 0 Å². The molecule has 2 unspecified atom stereocenters. The highest BCUT2D eigenvalue weighted by molar-refractivity contribution is 5.50. The molecule has 120 valence electrons. The third-order valence-corrected chi connectivity index (χ3v) is 5.19. The summed E-state index contributed by atoms with van der Waals surface area (Å²) in [5.41, 5.74) is 2.17. The molecule has 1 N–H and O–H groups in total. The highest BCUT2D eigenvalue weighted by atomic mass is 16.7. The lowest BCUT2D eigenvalue weighted by atomic mass is 9.96. The van der Waals surface area contributed by atoms with Crippen molar-refractivity contribution in [3.8, 4) is 11.5 Å². The summed E-state index contributed by atoms with van der Waals surface area (Å²) in [6.45, 7) is 7.49. The van der Waals surface area contributed by atoms with Gasteiger partial charge in [0.1, 0.15) is 0 Å². The number of likely N-dealkylation sites (tertiary alicyclic amines) is 1. The van der Waals surface area contributed by atoms with Gasteiger partial charge in [0.25, 0.3) is 0 Å². The molecule has 1 fully saturated rings. The maximum Gasteiger partial charge on any atom is 0.231 e. The van der Waals surface area contributed by atoms with Gasteiger partial charge in [-0.15, -0.1) is 0 Å². The Balaban J connectivity index is 1.51. The fraction of sp³-hybridized carbons (Fsp3) is 0.647. The molecule has 0 saturated carbocycles. The first kappa shape index (κ1) is 14.3. The third kappa shape index (κ3) is 2.47. The number of fused-ring (bicyclic) bond motifs is 2. The van der Waals surface area contributed by atoms with Gasteiger partial charge in [-0.05, 0) is 49.2 Å². The number of hydrogen-bond donors (Lipinski definition) is 1. The van der Waals surface area contributed by atoms with E-state index in [1.807, 2.05) is 12.1 Å². The summed E-state index contributed by atoms with van der Waals surface area (Å²) in [5.74, 6) is 1.57. The minimum atomic E-state index is -0.435. The van der Waals surface area contributed by atoms with Gasteiger partial charge in [0.05, 0.1) is 6.10 Å². The minimum absolute atomic E-state index is 0.283. The average Bonchev–Trinajstić information content (AvgIpc) is 3.13. The van der Waals surface area contributed by atoms with E-state index < -0.39 is 6.10 Å². The van der Waals surface area contributed by atoms with Crippen LogP contribution in [0.3, 0.4) is 0 Å². The van der Waals surface area contributed by atoms with Crippen LogP contribution in [0.4, 0.5) is 0 Å². The molecule has 22 heavy (non-hydrogen) atoms. The van der Waals surface area contributed by atoms with Crippen molar-refractivity contribution in [1.82, 2.24) is 9.80 Å². The highest BCUT2D eigenvalue weighted by Gasteiger charge is 2.31. The number of hydrogen-bond acceptors (Lipinski definition) is 5. The molecule has 0 aromatic heterocycles. The van der Waals surface area contributed by atoms with E-state index in [-0.39, 0.29) is 6.79 Å². The van der Waals surface area contributed by atoms with Gasteiger partial charge in [0, 0.05) is 25.7 Å². The Morgan fingerprint density at radius 2 is 2.09 bits per heavy atom. The molecule has 1 saturated heterocycles. The van der Waals surface area contributed by atoms with Crippen molar-refractivity contribution in [2.45, 2.75) is 38.5 Å². The summed E-state index contributed by atoms with van der Waals surface area (Å²) >= 11 is 0. The van der Waals surface area contributed by atoms with Gasteiger partial charge in [-0.2, -0.15) is 0 Å². The molecule has 0 radical (unpaired) electrons. The van der Waals surface area contributed by atoms with E-state index in [1.54, 1.807) is 0 Å². The van der Waals surface area contributed by atoms with Gasteiger partial charge < -0.3 is 14.6 Å². The largest absolute Gasteiger partial charge is 0.454 e. The zero-order valence-electron chi connectivity index (χ0n) is 13.1. The zero-order chi connectivity index (χ0) is 15.1. The van der Waals surface area contributed by atoms with Gasteiger partial charge in [0.2, 0.25) is 6.79 Å². The van der Waals surface area contributed by atoms with Gasteiger partial charge in [-0.1, -0.05) is 6.92 Å². The van der Waals surface area contributed by atoms with Gasteiger partial charge in [-0.25, -0.2) is 0 Å². The van der Waals surface area contributed by atoms with Crippen molar-refractivity contribution in [3.63, 3.8) is 0 Å². The van der Waals surface area contributed by atoms with E-state index in [2.05, 4.69) is 16.7 Å². The summed E-state index contributed by atoms with van der Waals surface area (Å²) in [6.07, 6.45) is 2.13. The molecule has 0 bridgehead atoms. The molecule has 0 spiro atoms. The first-order valence-electron chi connectivity index (χ1n) is 8.31. The second kappa shape index (κ2) is 5.72. The summed E-state index contributed by atoms with van der Waals surface area (Å²) in [4.78, 5) is 4.94. The van der Waals surface area contributed by atoms with E-state index in [4.69, 9.17) is 9.47 Å². The van der Waals surface area contributed by atoms with Crippen molar-refractivity contribution in [2.24, 2.45) is 0 Å². The van der Waals surface area contributed by atoms with Crippen LogP contribution in [-0.2, 0) is 6.54 Å². The molecule has 0 amide bonds. The van der Waals surface area contributed by atoms with Crippen molar-refractivity contribution in [2.75, 3.05) is 33.0 Å². The van der Waals surface area contributed by atoms with Crippen molar-refractivity contribution in [1.29, 1.82) is 0 Å². The van der Waals surface area contributed by atoms with Gasteiger partial charge in [0.15, 0.2) is 11.5 Å². The zero-order valence-corrected chi connectivity index (χ0v) is 13.1. The number of ether oxygens (including phenoxy) is 2. The Morgan fingerprint density at radius 3 is 2.91 bits per heavy atom. The van der Waals surface area contributed by atoms with Crippen molar-refractivity contribution in [3.05, 3.63) is 23.3 Å². The van der Waals surface area contributed by atoms with E-state index in [1.165, 1.54) is 24.9 Å². The summed E-state index contributed by atoms with van der Waals surface area (Å²) in [6, 6.07) is 4.63. The average molecular weight is 304 g/mol. The van der Waals surface area contributed by atoms with E-state index in [9.17, 15) is 5.11 Å². The second-order valence-corrected chi connectivity index (χ2v) is 6.54. The topological polar surface area (TPSA) is 45.2 Å². The summed E-state index contributed by atoms with van der Waals surface area (Å²) in [5, 5.41) is 10.5. The normalized spacial score (nSPS) is 28.1. The number of nitrogens with zero attached hydrogens (tertiary/aromatic N) is 2. The molecule has 5 nitrogen and oxygen atoms in total. The molecule has 5 heteroatoms. The number of aliphatic hydroxyl groups excluding tert-OH is 1. The fourth-order valence-electron chi connectivity index (χ4n) is 4.05. The smallest absolute Gasteiger partial charge is 0.231 e. The molecule has 2 atom stereocenters. The number of likely N-dealkylation sites (N-methyl/N-ethyl adjacent to an activating group) is 1. The molecule has 3 aliphatic rings. The number of benzene rings is 1. The highest BCUT2D eigenvalue weighted by Crippen LogP contribution is 2.39. The Kier molecular flexibility index (Phi) is 3.72. The predicted molar refractivity (Wildman–Crippen MR) is 83.1 cm³/mol. The maximum absolute atomic E-state index is 10.5. The van der Waals surface area contributed by atoms with Crippen LogP contribution < -0.4 is 9.47 Å². The Labute approximate surface area is 131 Å². The number of rotatable bonds is 3. The molecular formula is C17H24N2O3. The van der Waals surface area contributed by atoms with Gasteiger partial charge >= 0.3 is 0 Å². The Morgan fingerprint density at radius 1 is 1.27 bits per heavy atom. The van der Waals surface area contributed by atoms with Crippen LogP contribution in [0.15, 0.2) is 12.1 Å². The van der Waals surface area contributed by atoms with Crippen LogP contribution in [-0.4, -0.2) is 53.9 Å². The van der Waals surface area contributed by atoms with Crippen LogP contribution in [0.2, 0.25) is 0 Å². The second-order valence-electron chi connectivity index (χ2n) is 6.54. The lowest BCUT2D eigenvalue weighted by Crippen LogP contribution is -2.43. The quantitative estimate of drug-likeness (QED) is 0.922. The predicted octanol–water partition coefficient (Wildman–Crippen LogP) is 1.75. The molecule has 0 aliphatic carbocycles. The molecule has 1 aromatic carbocycles. The standard InChI is InChI=1S/C17H24N2O3/c1-2-19-5-3-4-13(19)9-18-8-12-6-16-17(22-11-21-16)7-14(12)15(20)10-18/h6-7,13,15,20H,2-5,8-11H2,1H3. The van der Waals surface area contributed by atoms with Gasteiger partial charge in [-0.3, -0.25) is 9.80 Å². The molecule has 4 rings (SSSR count). The molecular weight excluding hydrogens is 280 g/mol.